The fraction of sp³-hybridized carbons (Fsp3) is 0.562. The summed E-state index contributed by atoms with van der Waals surface area (Å²) in [7, 11) is 0. The van der Waals surface area contributed by atoms with Crippen LogP contribution in [0.2, 0.25) is 0 Å². The number of aliphatic hydroxyl groups is 1. The summed E-state index contributed by atoms with van der Waals surface area (Å²) in [5.74, 6) is 0.306. The summed E-state index contributed by atoms with van der Waals surface area (Å²) in [5, 5.41) is 9.87. The van der Waals surface area contributed by atoms with Gasteiger partial charge in [-0.2, -0.15) is 0 Å². The number of aliphatic hydroxyl groups excluding tert-OH is 1. The number of piperidine rings is 1. The average molecular weight is 261 g/mol. The Labute approximate surface area is 115 Å². The SMILES string of the molecule is CCc1ccc(C(=O)N2CCC(O)C(CC)C2)cc1. The lowest BCUT2D eigenvalue weighted by atomic mass is 9.92. The number of benzene rings is 1. The first-order chi connectivity index (χ1) is 9.15. The summed E-state index contributed by atoms with van der Waals surface area (Å²) >= 11 is 0. The fourth-order valence-electron chi connectivity index (χ4n) is 2.67. The molecule has 2 unspecified atom stereocenters. The summed E-state index contributed by atoms with van der Waals surface area (Å²) in [6.07, 6.45) is 2.34. The molecule has 0 radical (unpaired) electrons. The van der Waals surface area contributed by atoms with Crippen molar-refractivity contribution < 1.29 is 9.90 Å². The summed E-state index contributed by atoms with van der Waals surface area (Å²) < 4.78 is 0. The van der Waals surface area contributed by atoms with Gasteiger partial charge in [0.15, 0.2) is 0 Å². The van der Waals surface area contributed by atoms with Crippen molar-refractivity contribution in [3.63, 3.8) is 0 Å². The third kappa shape index (κ3) is 3.16. The highest BCUT2D eigenvalue weighted by atomic mass is 16.3. The molecule has 3 nitrogen and oxygen atoms in total. The molecule has 19 heavy (non-hydrogen) atoms. The van der Waals surface area contributed by atoms with Crippen LogP contribution in [0.4, 0.5) is 0 Å². The van der Waals surface area contributed by atoms with E-state index < -0.39 is 0 Å². The van der Waals surface area contributed by atoms with Crippen molar-refractivity contribution in [3.05, 3.63) is 35.4 Å². The second kappa shape index (κ2) is 6.20. The molecule has 1 heterocycles. The van der Waals surface area contributed by atoms with Crippen molar-refractivity contribution in [2.75, 3.05) is 13.1 Å². The number of rotatable bonds is 3. The minimum absolute atomic E-state index is 0.0907. The van der Waals surface area contributed by atoms with E-state index in [1.54, 1.807) is 0 Å². The lowest BCUT2D eigenvalue weighted by molar-refractivity contribution is 0.0229. The van der Waals surface area contributed by atoms with E-state index in [2.05, 4.69) is 13.8 Å². The van der Waals surface area contributed by atoms with Gasteiger partial charge in [-0.15, -0.1) is 0 Å². The van der Waals surface area contributed by atoms with E-state index in [1.807, 2.05) is 29.2 Å². The van der Waals surface area contributed by atoms with Crippen LogP contribution in [0.3, 0.4) is 0 Å². The van der Waals surface area contributed by atoms with Crippen LogP contribution in [-0.2, 0) is 6.42 Å². The van der Waals surface area contributed by atoms with E-state index in [0.717, 1.165) is 18.4 Å². The molecule has 0 spiro atoms. The van der Waals surface area contributed by atoms with Crippen LogP contribution in [0.1, 0.15) is 42.6 Å². The molecular formula is C16H23NO2. The summed E-state index contributed by atoms with van der Waals surface area (Å²) in [6, 6.07) is 7.85. The van der Waals surface area contributed by atoms with E-state index in [-0.39, 0.29) is 17.9 Å². The minimum Gasteiger partial charge on any atom is -0.393 e. The van der Waals surface area contributed by atoms with Gasteiger partial charge in [0.05, 0.1) is 6.10 Å². The Morgan fingerprint density at radius 1 is 1.32 bits per heavy atom. The number of carbonyl (C=O) groups excluding carboxylic acids is 1. The molecule has 3 heteroatoms. The monoisotopic (exact) mass is 261 g/mol. The highest BCUT2D eigenvalue weighted by Crippen LogP contribution is 2.21. The zero-order chi connectivity index (χ0) is 13.8. The maximum absolute atomic E-state index is 12.4. The predicted molar refractivity (Wildman–Crippen MR) is 76.1 cm³/mol. The number of hydrogen-bond donors (Lipinski definition) is 1. The van der Waals surface area contributed by atoms with Gasteiger partial charge in [-0.05, 0) is 37.0 Å². The van der Waals surface area contributed by atoms with E-state index in [1.165, 1.54) is 5.56 Å². The first-order valence-corrected chi connectivity index (χ1v) is 7.22. The molecule has 104 valence electrons. The summed E-state index contributed by atoms with van der Waals surface area (Å²) in [5.41, 5.74) is 2.00. The molecule has 0 aromatic heterocycles. The standard InChI is InChI=1S/C16H23NO2/c1-3-12-5-7-14(8-6-12)16(19)17-10-9-15(18)13(4-2)11-17/h5-8,13,15,18H,3-4,9-11H2,1-2H3. The first-order valence-electron chi connectivity index (χ1n) is 7.22. The first kappa shape index (κ1) is 14.1. The third-order valence-corrected chi connectivity index (χ3v) is 4.11. The summed E-state index contributed by atoms with van der Waals surface area (Å²) in [6.45, 7) is 5.50. The van der Waals surface area contributed by atoms with Crippen molar-refractivity contribution in [3.8, 4) is 0 Å². The molecule has 2 atom stereocenters. The molecule has 0 saturated carbocycles. The average Bonchev–Trinajstić information content (AvgIpc) is 2.47. The van der Waals surface area contributed by atoms with Crippen molar-refractivity contribution in [2.45, 2.75) is 39.2 Å². The van der Waals surface area contributed by atoms with Crippen molar-refractivity contribution in [1.29, 1.82) is 0 Å². The molecule has 0 aliphatic carbocycles. The van der Waals surface area contributed by atoms with Crippen LogP contribution in [0.5, 0.6) is 0 Å². The second-order valence-electron chi connectivity index (χ2n) is 5.33. The van der Waals surface area contributed by atoms with E-state index in [4.69, 9.17) is 0 Å². The van der Waals surface area contributed by atoms with Gasteiger partial charge in [-0.25, -0.2) is 0 Å². The molecule has 1 aliphatic rings. The van der Waals surface area contributed by atoms with Crippen LogP contribution in [0.15, 0.2) is 24.3 Å². The van der Waals surface area contributed by atoms with Crippen LogP contribution in [0, 0.1) is 5.92 Å². The van der Waals surface area contributed by atoms with E-state index in [9.17, 15) is 9.90 Å². The highest BCUT2D eigenvalue weighted by molar-refractivity contribution is 5.94. The summed E-state index contributed by atoms with van der Waals surface area (Å²) in [4.78, 5) is 14.3. The topological polar surface area (TPSA) is 40.5 Å². The van der Waals surface area contributed by atoms with Crippen molar-refractivity contribution in [2.24, 2.45) is 5.92 Å². The van der Waals surface area contributed by atoms with Crippen LogP contribution in [-0.4, -0.2) is 35.1 Å². The molecule has 1 N–H and O–H groups in total. The Hall–Kier alpha value is -1.35. The zero-order valence-electron chi connectivity index (χ0n) is 11.8. The van der Waals surface area contributed by atoms with Gasteiger partial charge in [0, 0.05) is 24.6 Å². The molecule has 0 bridgehead atoms. The van der Waals surface area contributed by atoms with Gasteiger partial charge < -0.3 is 10.0 Å². The van der Waals surface area contributed by atoms with Gasteiger partial charge >= 0.3 is 0 Å². The Morgan fingerprint density at radius 2 is 2.00 bits per heavy atom. The van der Waals surface area contributed by atoms with Gasteiger partial charge in [-0.3, -0.25) is 4.79 Å². The molecule has 1 aromatic rings. The number of likely N-dealkylation sites (tertiary alicyclic amines) is 1. The Morgan fingerprint density at radius 3 is 2.58 bits per heavy atom. The van der Waals surface area contributed by atoms with Gasteiger partial charge in [0.2, 0.25) is 0 Å². The molecular weight excluding hydrogens is 238 g/mol. The second-order valence-corrected chi connectivity index (χ2v) is 5.33. The Balaban J connectivity index is 2.06. The Kier molecular flexibility index (Phi) is 4.59. The molecule has 1 amide bonds. The number of amides is 1. The maximum atomic E-state index is 12.4. The molecule has 1 fully saturated rings. The van der Waals surface area contributed by atoms with Crippen molar-refractivity contribution in [1.82, 2.24) is 4.90 Å². The molecule has 1 aliphatic heterocycles. The lowest BCUT2D eigenvalue weighted by Crippen LogP contribution is -2.45. The highest BCUT2D eigenvalue weighted by Gasteiger charge is 2.29. The quantitative estimate of drug-likeness (QED) is 0.908. The number of nitrogens with zero attached hydrogens (tertiary/aromatic N) is 1. The van der Waals surface area contributed by atoms with Crippen LogP contribution < -0.4 is 0 Å². The normalized spacial score (nSPS) is 23.4. The molecule has 2 rings (SSSR count). The number of hydrogen-bond acceptors (Lipinski definition) is 2. The predicted octanol–water partition coefficient (Wildman–Crippen LogP) is 2.48. The lowest BCUT2D eigenvalue weighted by Gasteiger charge is -2.35. The number of aryl methyl sites for hydroxylation is 1. The molecule has 1 saturated heterocycles. The maximum Gasteiger partial charge on any atom is 0.253 e. The van der Waals surface area contributed by atoms with Gasteiger partial charge in [0.1, 0.15) is 0 Å². The van der Waals surface area contributed by atoms with Crippen LogP contribution >= 0.6 is 0 Å². The number of carbonyl (C=O) groups is 1. The smallest absolute Gasteiger partial charge is 0.253 e. The van der Waals surface area contributed by atoms with Gasteiger partial charge in [-0.1, -0.05) is 26.0 Å². The van der Waals surface area contributed by atoms with E-state index in [0.29, 0.717) is 19.5 Å². The third-order valence-electron chi connectivity index (χ3n) is 4.11. The van der Waals surface area contributed by atoms with Crippen molar-refractivity contribution >= 4 is 5.91 Å². The fourth-order valence-corrected chi connectivity index (χ4v) is 2.67. The van der Waals surface area contributed by atoms with Crippen LogP contribution in [0.25, 0.3) is 0 Å². The zero-order valence-corrected chi connectivity index (χ0v) is 11.8. The largest absolute Gasteiger partial charge is 0.393 e. The minimum atomic E-state index is -0.253. The Bertz CT molecular complexity index is 427. The molecule has 1 aromatic carbocycles. The van der Waals surface area contributed by atoms with Gasteiger partial charge in [0.25, 0.3) is 5.91 Å². The van der Waals surface area contributed by atoms with E-state index >= 15 is 0 Å².